The van der Waals surface area contributed by atoms with Crippen LogP contribution in [0.4, 0.5) is 0 Å². The highest BCUT2D eigenvalue weighted by molar-refractivity contribution is 5.99. The molecule has 12 nitrogen and oxygen atoms in total. The smallest absolute Gasteiger partial charge is 0.223 e. The second kappa shape index (κ2) is 34.4. The number of carbonyl (C=O) groups is 3. The molecule has 2 atom stereocenters. The van der Waals surface area contributed by atoms with Gasteiger partial charge in [-0.15, -0.1) is 0 Å². The van der Waals surface area contributed by atoms with Gasteiger partial charge in [0.05, 0.1) is 59.5 Å². The second-order valence-electron chi connectivity index (χ2n) is 26.6. The average Bonchev–Trinajstić information content (AvgIpc) is 0.823. The minimum atomic E-state index is -0.452. The highest BCUT2D eigenvalue weighted by atomic mass is 16.5. The van der Waals surface area contributed by atoms with E-state index in [1.165, 1.54) is 81.3 Å². The summed E-state index contributed by atoms with van der Waals surface area (Å²) in [5.41, 5.74) is 15.6. The SMILES string of the molecule is COCCOCCOCCC(=O)NCCCOCCOCCOCCCNC(=O)[C@@H](CCCCNC(C)c1ccc(/C=C(\C)c2ccc3c(c2)C(C)(C)CCC3(C)C)cc1)CC(=O)c1ccc(/C=C(\C)c2ccc3c(c2)C(C)(C)CCC3(C)C)cc1. The van der Waals surface area contributed by atoms with Gasteiger partial charge < -0.3 is 44.4 Å². The van der Waals surface area contributed by atoms with Gasteiger partial charge in [0.2, 0.25) is 11.8 Å². The summed E-state index contributed by atoms with van der Waals surface area (Å²) in [5, 5.41) is 9.71. The van der Waals surface area contributed by atoms with Crippen LogP contribution in [0, 0.1) is 5.92 Å². The first-order valence-electron chi connectivity index (χ1n) is 32.2. The van der Waals surface area contributed by atoms with Crippen LogP contribution in [-0.2, 0) is 59.7 Å². The van der Waals surface area contributed by atoms with Crippen LogP contribution in [0.2, 0.25) is 0 Å². The lowest BCUT2D eigenvalue weighted by Crippen LogP contribution is -2.33. The summed E-state index contributed by atoms with van der Waals surface area (Å²) in [4.78, 5) is 39.8. The molecule has 0 aliphatic heterocycles. The molecule has 86 heavy (non-hydrogen) atoms. The maximum Gasteiger partial charge on any atom is 0.223 e. The summed E-state index contributed by atoms with van der Waals surface area (Å²) >= 11 is 0. The highest BCUT2D eigenvalue weighted by Crippen LogP contribution is 2.48. The van der Waals surface area contributed by atoms with Gasteiger partial charge in [0.25, 0.3) is 0 Å². The molecule has 0 heterocycles. The van der Waals surface area contributed by atoms with Crippen LogP contribution in [-0.4, -0.2) is 117 Å². The second-order valence-corrected chi connectivity index (χ2v) is 26.6. The number of nitrogens with one attached hydrogen (secondary N) is 3. The van der Waals surface area contributed by atoms with Gasteiger partial charge in [-0.05, 0) is 162 Å². The van der Waals surface area contributed by atoms with Crippen molar-refractivity contribution in [2.24, 2.45) is 5.92 Å². The Morgan fingerprint density at radius 1 is 0.488 bits per heavy atom. The third kappa shape index (κ3) is 22.1. The molecule has 12 heteroatoms. The van der Waals surface area contributed by atoms with Crippen LogP contribution in [0.3, 0.4) is 0 Å². The number of Topliss-reactive ketones (excluding diaryl/α,β-unsaturated/α-hetero) is 1. The molecule has 4 aromatic rings. The largest absolute Gasteiger partial charge is 0.382 e. The van der Waals surface area contributed by atoms with Crippen LogP contribution < -0.4 is 16.0 Å². The number of benzene rings is 4. The molecule has 0 bridgehead atoms. The van der Waals surface area contributed by atoms with Crippen molar-refractivity contribution in [2.45, 2.75) is 174 Å². The molecule has 0 spiro atoms. The van der Waals surface area contributed by atoms with Crippen molar-refractivity contribution in [3.63, 3.8) is 0 Å². The van der Waals surface area contributed by atoms with E-state index in [0.717, 1.165) is 24.9 Å². The standard InChI is InChI=1S/C74H107N3O9/c1-54(61-26-28-64-66(51-61)73(8,9)33-31-71(64,4)5)49-57-18-22-59(23-19-57)56(3)75-35-14-13-17-63(53-68(78)60-24-20-58(21-25-60)50-55(2)62-27-29-65-67(52-62)74(10,11)34-32-72(65,6)7)70(80)77-37-16-39-83-44-47-86-46-43-82-38-15-36-76-69(79)30-40-84-45-48-85-42-41-81-12/h18-29,49-52,56,63,75H,13-17,30-48,53H2,1-12H3,(H,76,79)(H,77,80)/b54-49+,55-50+/t56?,63-/m0/s1. The number of allylic oxidation sites excluding steroid dienone is 2. The fourth-order valence-corrected chi connectivity index (χ4v) is 11.8. The van der Waals surface area contributed by atoms with Gasteiger partial charge in [0, 0.05) is 63.8 Å². The maximum absolute atomic E-state index is 14.0. The third-order valence-electron chi connectivity index (χ3n) is 17.9. The Morgan fingerprint density at radius 3 is 1.42 bits per heavy atom. The Labute approximate surface area is 517 Å². The first-order chi connectivity index (χ1) is 41.1. The van der Waals surface area contributed by atoms with Gasteiger partial charge in [-0.2, -0.15) is 0 Å². The van der Waals surface area contributed by atoms with Crippen LogP contribution in [0.5, 0.6) is 0 Å². The van der Waals surface area contributed by atoms with E-state index < -0.39 is 5.92 Å². The third-order valence-corrected chi connectivity index (χ3v) is 17.9. The number of hydrogen-bond acceptors (Lipinski definition) is 10. The lowest BCUT2D eigenvalue weighted by Gasteiger charge is -2.42. The zero-order valence-corrected chi connectivity index (χ0v) is 54.7. The molecule has 3 N–H and O–H groups in total. The molecule has 0 saturated carbocycles. The molecule has 2 amide bonds. The van der Waals surface area contributed by atoms with Gasteiger partial charge in [0.1, 0.15) is 0 Å². The lowest BCUT2D eigenvalue weighted by atomic mass is 9.63. The van der Waals surface area contributed by atoms with E-state index in [0.29, 0.717) is 117 Å². The van der Waals surface area contributed by atoms with Crippen LogP contribution in [0.25, 0.3) is 23.3 Å². The summed E-state index contributed by atoms with van der Waals surface area (Å²) < 4.78 is 32.8. The van der Waals surface area contributed by atoms with Crippen molar-refractivity contribution in [3.05, 3.63) is 141 Å². The Kier molecular flexibility index (Phi) is 28.0. The summed E-state index contributed by atoms with van der Waals surface area (Å²) in [7, 11) is 1.63. The van der Waals surface area contributed by atoms with Gasteiger partial charge in [-0.3, -0.25) is 14.4 Å². The predicted molar refractivity (Wildman–Crippen MR) is 352 cm³/mol. The van der Waals surface area contributed by atoms with E-state index in [-0.39, 0.29) is 51.7 Å². The number of ether oxygens (including phenoxy) is 6. The molecule has 4 aromatic carbocycles. The first kappa shape index (κ1) is 69.8. The van der Waals surface area contributed by atoms with E-state index >= 15 is 0 Å². The number of amides is 2. The fourth-order valence-electron chi connectivity index (χ4n) is 11.8. The molecule has 2 aliphatic carbocycles. The molecule has 0 radical (unpaired) electrons. The number of ketones is 1. The van der Waals surface area contributed by atoms with Gasteiger partial charge in [-0.25, -0.2) is 0 Å². The molecule has 472 valence electrons. The number of hydrogen-bond donors (Lipinski definition) is 3. The normalized spacial score (nSPS) is 16.7. The Morgan fingerprint density at radius 2 is 0.919 bits per heavy atom. The van der Waals surface area contributed by atoms with Crippen LogP contribution in [0.15, 0.2) is 84.9 Å². The molecule has 0 fully saturated rings. The number of rotatable bonds is 38. The van der Waals surface area contributed by atoms with E-state index in [1.54, 1.807) is 7.11 Å². The lowest BCUT2D eigenvalue weighted by molar-refractivity contribution is -0.125. The quantitative estimate of drug-likeness (QED) is 0.0225. The van der Waals surface area contributed by atoms with Crippen LogP contribution >= 0.6 is 0 Å². The van der Waals surface area contributed by atoms with Crippen molar-refractivity contribution in [1.82, 2.24) is 16.0 Å². The van der Waals surface area contributed by atoms with Crippen molar-refractivity contribution >= 4 is 40.9 Å². The number of carbonyl (C=O) groups excluding carboxylic acids is 3. The Balaban J connectivity index is 0.931. The summed E-state index contributed by atoms with van der Waals surface area (Å²) in [5.74, 6) is -0.625. The van der Waals surface area contributed by atoms with Gasteiger partial charge >= 0.3 is 0 Å². The Bertz CT molecular complexity index is 2810. The zero-order chi connectivity index (χ0) is 62.2. The number of fused-ring (bicyclic) bond motifs is 2. The minimum absolute atomic E-state index is 0.0280. The summed E-state index contributed by atoms with van der Waals surface area (Å²) in [6.07, 6.45) is 13.3. The maximum atomic E-state index is 14.0. The first-order valence-corrected chi connectivity index (χ1v) is 32.2. The van der Waals surface area contributed by atoms with Crippen LogP contribution in [0.1, 0.15) is 213 Å². The molecular formula is C74H107N3O9. The summed E-state index contributed by atoms with van der Waals surface area (Å²) in [6, 6.07) is 30.9. The number of methoxy groups -OCH3 is 1. The van der Waals surface area contributed by atoms with Crippen molar-refractivity contribution in [3.8, 4) is 0 Å². The topological polar surface area (TPSA) is 143 Å². The van der Waals surface area contributed by atoms with E-state index in [9.17, 15) is 14.4 Å². The van der Waals surface area contributed by atoms with Crippen molar-refractivity contribution < 1.29 is 42.8 Å². The van der Waals surface area contributed by atoms with E-state index in [1.807, 2.05) is 24.3 Å². The zero-order valence-electron chi connectivity index (χ0n) is 54.7. The molecular weight excluding hydrogens is 1070 g/mol. The minimum Gasteiger partial charge on any atom is -0.382 e. The van der Waals surface area contributed by atoms with Crippen molar-refractivity contribution in [1.29, 1.82) is 0 Å². The van der Waals surface area contributed by atoms with E-state index in [4.69, 9.17) is 28.4 Å². The fraction of sp³-hybridized carbons (Fsp3) is 0.581. The van der Waals surface area contributed by atoms with Gasteiger partial charge in [0.15, 0.2) is 5.78 Å². The monoisotopic (exact) mass is 1180 g/mol. The Hall–Kier alpha value is -5.31. The molecule has 2 aliphatic rings. The predicted octanol–water partition coefficient (Wildman–Crippen LogP) is 14.3. The molecule has 0 saturated heterocycles. The molecule has 6 rings (SSSR count). The highest BCUT2D eigenvalue weighted by Gasteiger charge is 2.38. The van der Waals surface area contributed by atoms with Gasteiger partial charge in [-0.1, -0.05) is 159 Å². The van der Waals surface area contributed by atoms with Crippen molar-refractivity contribution in [2.75, 3.05) is 99.4 Å². The molecule has 1 unspecified atom stereocenters. The van der Waals surface area contributed by atoms with E-state index in [2.05, 4.69) is 165 Å². The summed E-state index contributed by atoms with van der Waals surface area (Å²) in [6.45, 7) is 32.5. The molecule has 0 aromatic heterocycles. The number of unbranched alkanes of at least 4 members (excludes halogenated alkanes) is 1. The average molecular weight is 1180 g/mol.